The summed E-state index contributed by atoms with van der Waals surface area (Å²) < 4.78 is 2.33. The number of hydrogen-bond donors (Lipinski definition) is 0. The molecule has 0 aliphatic carbocycles. The highest BCUT2D eigenvalue weighted by atomic mass is 15.0. The molecule has 0 spiro atoms. The van der Waals surface area contributed by atoms with Crippen molar-refractivity contribution in [2.24, 2.45) is 0 Å². The molecule has 238 valence electrons. The van der Waals surface area contributed by atoms with E-state index in [4.69, 9.17) is 15.0 Å². The van der Waals surface area contributed by atoms with Crippen LogP contribution >= 0.6 is 0 Å². The summed E-state index contributed by atoms with van der Waals surface area (Å²) in [6.07, 6.45) is 0. The van der Waals surface area contributed by atoms with Gasteiger partial charge in [-0.05, 0) is 81.2 Å². The molecule has 8 aromatic carbocycles. The first-order chi connectivity index (χ1) is 25.3. The monoisotopic (exact) mass is 650 g/mol. The maximum atomic E-state index is 5.30. The average Bonchev–Trinajstić information content (AvgIpc) is 3.54. The van der Waals surface area contributed by atoms with Gasteiger partial charge in [-0.3, -0.25) is 0 Å². The van der Waals surface area contributed by atoms with Gasteiger partial charge in [0.1, 0.15) is 0 Å². The standard InChI is InChI=1S/C47H30N4/c1-3-15-32(16-4-1)45-48-46(35-26-27-44-41(30-35)39-23-11-12-25-43(39)51(44)36-20-5-2-6-21-36)50-47(49-45)42-29-34-18-8-7-17-33(34)28-40(42)38-24-13-19-31-14-9-10-22-37(31)38/h1-30H. The van der Waals surface area contributed by atoms with Gasteiger partial charge in [-0.1, -0.05) is 133 Å². The van der Waals surface area contributed by atoms with E-state index in [0.29, 0.717) is 17.5 Å². The summed E-state index contributed by atoms with van der Waals surface area (Å²) in [6.45, 7) is 0. The van der Waals surface area contributed by atoms with Crippen molar-refractivity contribution in [1.82, 2.24) is 19.5 Å². The fraction of sp³-hybridized carbons (Fsp3) is 0. The van der Waals surface area contributed by atoms with E-state index in [0.717, 1.165) is 55.3 Å². The number of hydrogen-bond acceptors (Lipinski definition) is 3. The lowest BCUT2D eigenvalue weighted by Gasteiger charge is -2.15. The Labute approximate surface area is 295 Å². The van der Waals surface area contributed by atoms with E-state index >= 15 is 0 Å². The molecule has 10 aromatic rings. The van der Waals surface area contributed by atoms with Crippen molar-refractivity contribution in [2.45, 2.75) is 0 Å². The van der Waals surface area contributed by atoms with Crippen molar-refractivity contribution in [3.05, 3.63) is 182 Å². The number of benzene rings is 8. The van der Waals surface area contributed by atoms with Crippen molar-refractivity contribution in [2.75, 3.05) is 0 Å². The molecule has 0 aliphatic heterocycles. The molecule has 0 aliphatic rings. The van der Waals surface area contributed by atoms with Crippen molar-refractivity contribution in [3.63, 3.8) is 0 Å². The molecule has 0 amide bonds. The second-order valence-corrected chi connectivity index (χ2v) is 12.9. The predicted octanol–water partition coefficient (Wildman–Crippen LogP) is 11.9. The fourth-order valence-corrected chi connectivity index (χ4v) is 7.42. The van der Waals surface area contributed by atoms with Gasteiger partial charge in [0.15, 0.2) is 17.5 Å². The zero-order chi connectivity index (χ0) is 33.7. The molecule has 0 bridgehead atoms. The highest BCUT2D eigenvalue weighted by Crippen LogP contribution is 2.40. The number of aromatic nitrogens is 4. The Bertz CT molecular complexity index is 2900. The summed E-state index contributed by atoms with van der Waals surface area (Å²) in [7, 11) is 0. The molecule has 2 heterocycles. The second kappa shape index (κ2) is 11.9. The van der Waals surface area contributed by atoms with Crippen LogP contribution in [0, 0.1) is 0 Å². The quantitative estimate of drug-likeness (QED) is 0.186. The maximum Gasteiger partial charge on any atom is 0.164 e. The Hall–Kier alpha value is -6.91. The minimum atomic E-state index is 0.634. The lowest BCUT2D eigenvalue weighted by Crippen LogP contribution is -2.01. The largest absolute Gasteiger partial charge is 0.309 e. The van der Waals surface area contributed by atoms with Crippen molar-refractivity contribution < 1.29 is 0 Å². The zero-order valence-electron chi connectivity index (χ0n) is 27.6. The van der Waals surface area contributed by atoms with Crippen LogP contribution in [0.3, 0.4) is 0 Å². The van der Waals surface area contributed by atoms with Gasteiger partial charge in [0.25, 0.3) is 0 Å². The Morgan fingerprint density at radius 3 is 1.67 bits per heavy atom. The summed E-state index contributed by atoms with van der Waals surface area (Å²) >= 11 is 0. The van der Waals surface area contributed by atoms with Crippen LogP contribution in [0.4, 0.5) is 0 Å². The van der Waals surface area contributed by atoms with Crippen molar-refractivity contribution in [1.29, 1.82) is 0 Å². The molecule has 0 saturated carbocycles. The van der Waals surface area contributed by atoms with Gasteiger partial charge in [-0.15, -0.1) is 0 Å². The van der Waals surface area contributed by atoms with Gasteiger partial charge < -0.3 is 4.57 Å². The highest BCUT2D eigenvalue weighted by Gasteiger charge is 2.19. The summed E-state index contributed by atoms with van der Waals surface area (Å²) in [6, 6.07) is 63.9. The Kier molecular flexibility index (Phi) is 6.78. The molecule has 4 nitrogen and oxygen atoms in total. The summed E-state index contributed by atoms with van der Waals surface area (Å²) in [4.78, 5) is 15.6. The normalized spacial score (nSPS) is 11.5. The van der Waals surface area contributed by atoms with E-state index < -0.39 is 0 Å². The number of nitrogens with zero attached hydrogens (tertiary/aromatic N) is 4. The minimum Gasteiger partial charge on any atom is -0.309 e. The van der Waals surface area contributed by atoms with Crippen LogP contribution in [0.5, 0.6) is 0 Å². The third-order valence-corrected chi connectivity index (χ3v) is 9.82. The highest BCUT2D eigenvalue weighted by molar-refractivity contribution is 6.10. The fourth-order valence-electron chi connectivity index (χ4n) is 7.42. The molecule has 0 fully saturated rings. The molecule has 2 aromatic heterocycles. The van der Waals surface area contributed by atoms with Gasteiger partial charge in [0, 0.05) is 33.2 Å². The molecule has 51 heavy (non-hydrogen) atoms. The van der Waals surface area contributed by atoms with E-state index in [1.165, 1.54) is 21.5 Å². The van der Waals surface area contributed by atoms with Crippen LogP contribution in [-0.2, 0) is 0 Å². The Morgan fingerprint density at radius 1 is 0.314 bits per heavy atom. The molecule has 10 rings (SSSR count). The predicted molar refractivity (Wildman–Crippen MR) is 211 cm³/mol. The molecular weight excluding hydrogens is 621 g/mol. The van der Waals surface area contributed by atoms with Gasteiger partial charge in [0.2, 0.25) is 0 Å². The number of para-hydroxylation sites is 2. The van der Waals surface area contributed by atoms with Gasteiger partial charge in [-0.2, -0.15) is 0 Å². The smallest absolute Gasteiger partial charge is 0.164 e. The van der Waals surface area contributed by atoms with Gasteiger partial charge in [0.05, 0.1) is 11.0 Å². The van der Waals surface area contributed by atoms with Crippen LogP contribution in [0.25, 0.3) is 94.3 Å². The first-order valence-corrected chi connectivity index (χ1v) is 17.2. The molecule has 0 saturated heterocycles. The average molecular weight is 651 g/mol. The van der Waals surface area contributed by atoms with Crippen LogP contribution in [0.15, 0.2) is 182 Å². The van der Waals surface area contributed by atoms with Gasteiger partial charge in [-0.25, -0.2) is 15.0 Å². The second-order valence-electron chi connectivity index (χ2n) is 12.9. The molecule has 0 atom stereocenters. The zero-order valence-corrected chi connectivity index (χ0v) is 27.6. The van der Waals surface area contributed by atoms with Crippen molar-refractivity contribution >= 4 is 43.4 Å². The van der Waals surface area contributed by atoms with Crippen LogP contribution < -0.4 is 0 Å². The lowest BCUT2D eigenvalue weighted by atomic mass is 9.91. The molecule has 0 radical (unpaired) electrons. The summed E-state index contributed by atoms with van der Waals surface area (Å²) in [5.74, 6) is 1.91. The van der Waals surface area contributed by atoms with E-state index in [2.05, 4.69) is 168 Å². The third kappa shape index (κ3) is 4.96. The SMILES string of the molecule is c1ccc(-c2nc(-c3ccc4c(c3)c3ccccc3n4-c3ccccc3)nc(-c3cc4ccccc4cc3-c3cccc4ccccc34)n2)cc1. The Morgan fingerprint density at radius 2 is 0.882 bits per heavy atom. The molecule has 0 N–H and O–H groups in total. The molecular formula is C47H30N4. The summed E-state index contributed by atoms with van der Waals surface area (Å²) in [5.41, 5.74) is 8.50. The van der Waals surface area contributed by atoms with E-state index in [9.17, 15) is 0 Å². The van der Waals surface area contributed by atoms with Crippen LogP contribution in [-0.4, -0.2) is 19.5 Å². The number of rotatable bonds is 5. The van der Waals surface area contributed by atoms with E-state index in [1.807, 2.05) is 18.2 Å². The van der Waals surface area contributed by atoms with E-state index in [-0.39, 0.29) is 0 Å². The first-order valence-electron chi connectivity index (χ1n) is 17.2. The first kappa shape index (κ1) is 29.0. The maximum absolute atomic E-state index is 5.30. The lowest BCUT2D eigenvalue weighted by molar-refractivity contribution is 1.08. The van der Waals surface area contributed by atoms with Crippen LogP contribution in [0.2, 0.25) is 0 Å². The van der Waals surface area contributed by atoms with E-state index in [1.54, 1.807) is 0 Å². The molecule has 4 heteroatoms. The minimum absolute atomic E-state index is 0.634. The van der Waals surface area contributed by atoms with Gasteiger partial charge >= 0.3 is 0 Å². The Balaban J connectivity index is 1.24. The summed E-state index contributed by atoms with van der Waals surface area (Å²) in [5, 5.41) is 7.02. The van der Waals surface area contributed by atoms with Crippen LogP contribution in [0.1, 0.15) is 0 Å². The third-order valence-electron chi connectivity index (χ3n) is 9.82. The van der Waals surface area contributed by atoms with Crippen molar-refractivity contribution in [3.8, 4) is 51.0 Å². The molecule has 0 unspecified atom stereocenters. The topological polar surface area (TPSA) is 43.6 Å². The number of fused-ring (bicyclic) bond motifs is 5.